The summed E-state index contributed by atoms with van der Waals surface area (Å²) in [4.78, 5) is 26.4. The maximum Gasteiger partial charge on any atom is 0.512 e. The molecule has 2 aliphatic rings. The van der Waals surface area contributed by atoms with Crippen molar-refractivity contribution in [1.29, 1.82) is 0 Å². The Morgan fingerprint density at radius 2 is 1.82 bits per heavy atom. The molecule has 1 aromatic carbocycles. The monoisotopic (exact) mass is 502 g/mol. The molecule has 180 valence electrons. The Morgan fingerprint density at radius 3 is 2.50 bits per heavy atom. The number of amides is 1. The number of aromatic nitrogens is 1. The largest absolute Gasteiger partial charge is 0.512 e. The molecule has 9 heteroatoms. The molecule has 0 atom stereocenters. The van der Waals surface area contributed by atoms with Crippen LogP contribution in [0, 0.1) is 0 Å². The Morgan fingerprint density at radius 1 is 1.12 bits per heavy atom. The lowest BCUT2D eigenvalue weighted by Gasteiger charge is -2.28. The molecule has 1 saturated heterocycles. The quantitative estimate of drug-likeness (QED) is 0.433. The highest BCUT2D eigenvalue weighted by atomic mass is 35.5. The van der Waals surface area contributed by atoms with Crippen LogP contribution < -0.4 is 4.74 Å². The fourth-order valence-electron chi connectivity index (χ4n) is 5.16. The number of nitrogens with zero attached hydrogens (tertiary/aromatic N) is 2. The number of carboxylic acid groups (broad SMARTS) is 1. The van der Waals surface area contributed by atoms with Gasteiger partial charge in [-0.15, -0.1) is 0 Å². The van der Waals surface area contributed by atoms with Crippen LogP contribution >= 0.6 is 22.9 Å². The fourth-order valence-corrected chi connectivity index (χ4v) is 6.42. The predicted molar refractivity (Wildman–Crippen MR) is 132 cm³/mol. The van der Waals surface area contributed by atoms with E-state index >= 15 is 0 Å². The summed E-state index contributed by atoms with van der Waals surface area (Å²) in [6.07, 6.45) is 4.36. The molecule has 5 rings (SSSR count). The van der Waals surface area contributed by atoms with Crippen LogP contribution in [-0.2, 0) is 16.1 Å². The maximum atomic E-state index is 13.3. The third-order valence-electron chi connectivity index (χ3n) is 6.73. The van der Waals surface area contributed by atoms with Gasteiger partial charge in [-0.1, -0.05) is 54.3 Å². The number of carbonyl (C=O) groups excluding carboxylic acids is 1. The molecule has 0 bridgehead atoms. The minimum Gasteiger partial charge on any atom is -0.449 e. The van der Waals surface area contributed by atoms with E-state index in [9.17, 15) is 14.7 Å². The molecule has 1 aliphatic carbocycles. The molecule has 7 nitrogen and oxygen atoms in total. The third-order valence-corrected chi connectivity index (χ3v) is 8.01. The number of thiophene rings is 1. The van der Waals surface area contributed by atoms with Crippen LogP contribution in [0.25, 0.3) is 21.5 Å². The number of ether oxygens (including phenoxy) is 2. The molecule has 34 heavy (non-hydrogen) atoms. The molecule has 1 N–H and O–H groups in total. The van der Waals surface area contributed by atoms with E-state index in [1.807, 2.05) is 33.7 Å². The van der Waals surface area contributed by atoms with E-state index in [0.717, 1.165) is 47.2 Å². The van der Waals surface area contributed by atoms with Crippen LogP contribution in [0.4, 0.5) is 4.79 Å². The highest BCUT2D eigenvalue weighted by Gasteiger charge is 2.30. The molecule has 1 saturated carbocycles. The van der Waals surface area contributed by atoms with Gasteiger partial charge in [0.25, 0.3) is 0 Å². The molecular weight excluding hydrogens is 476 g/mol. The van der Waals surface area contributed by atoms with Gasteiger partial charge < -0.3 is 24.0 Å². The number of hydrogen-bond acceptors (Lipinski definition) is 5. The minimum atomic E-state index is -1.34. The van der Waals surface area contributed by atoms with Crippen LogP contribution in [0.3, 0.4) is 0 Å². The molecule has 2 aromatic heterocycles. The summed E-state index contributed by atoms with van der Waals surface area (Å²) in [6, 6.07) is 9.49. The first-order chi connectivity index (χ1) is 16.5. The van der Waals surface area contributed by atoms with Gasteiger partial charge in [0.2, 0.25) is 5.91 Å². The third kappa shape index (κ3) is 4.67. The highest BCUT2D eigenvalue weighted by Crippen LogP contribution is 2.48. The van der Waals surface area contributed by atoms with Crippen LogP contribution in [0.15, 0.2) is 30.3 Å². The van der Waals surface area contributed by atoms with Gasteiger partial charge in [0.1, 0.15) is 6.54 Å². The second-order valence-corrected chi connectivity index (χ2v) is 10.3. The van der Waals surface area contributed by atoms with Crippen LogP contribution in [0.2, 0.25) is 5.02 Å². The first kappa shape index (κ1) is 23.2. The van der Waals surface area contributed by atoms with Crippen LogP contribution in [0.1, 0.15) is 43.6 Å². The van der Waals surface area contributed by atoms with E-state index in [0.29, 0.717) is 42.3 Å². The fraction of sp³-hybridized carbons (Fsp3) is 0.440. The van der Waals surface area contributed by atoms with Gasteiger partial charge in [0.15, 0.2) is 5.06 Å². The SMILES string of the molecule is O=C(O)Oc1cc2c(s1)c(C1CCCCC1)c(-c1ccc(Cl)cc1)n2CC(=O)N1CCOCC1. The lowest BCUT2D eigenvalue weighted by atomic mass is 9.83. The van der Waals surface area contributed by atoms with Gasteiger partial charge in [0.05, 0.1) is 29.1 Å². The van der Waals surface area contributed by atoms with Crippen molar-refractivity contribution in [1.82, 2.24) is 9.47 Å². The van der Waals surface area contributed by atoms with Crippen molar-refractivity contribution >= 4 is 45.2 Å². The van der Waals surface area contributed by atoms with E-state index in [4.69, 9.17) is 21.1 Å². The number of hydrogen-bond donors (Lipinski definition) is 1. The van der Waals surface area contributed by atoms with Crippen molar-refractivity contribution in [2.24, 2.45) is 0 Å². The molecule has 3 heterocycles. The summed E-state index contributed by atoms with van der Waals surface area (Å²) in [5, 5.41) is 10.2. The van der Waals surface area contributed by atoms with E-state index in [1.54, 1.807) is 6.07 Å². The second-order valence-electron chi connectivity index (χ2n) is 8.83. The molecule has 0 radical (unpaired) electrons. The molecule has 0 unspecified atom stereocenters. The Kier molecular flexibility index (Phi) is 6.81. The second kappa shape index (κ2) is 9.98. The van der Waals surface area contributed by atoms with Crippen molar-refractivity contribution in [2.75, 3.05) is 26.3 Å². The summed E-state index contributed by atoms with van der Waals surface area (Å²) in [6.45, 7) is 2.40. The Labute approximate surface area is 206 Å². The van der Waals surface area contributed by atoms with Crippen LogP contribution in [0.5, 0.6) is 5.06 Å². The van der Waals surface area contributed by atoms with Crippen molar-refractivity contribution < 1.29 is 24.2 Å². The van der Waals surface area contributed by atoms with Gasteiger partial charge >= 0.3 is 6.16 Å². The molecule has 0 spiro atoms. The zero-order valence-electron chi connectivity index (χ0n) is 18.8. The average Bonchev–Trinajstić information content (AvgIpc) is 3.37. The molecule has 3 aromatic rings. The lowest BCUT2D eigenvalue weighted by molar-refractivity contribution is -0.135. The van der Waals surface area contributed by atoms with E-state index in [1.165, 1.54) is 23.3 Å². The topological polar surface area (TPSA) is 81.0 Å². The molecule has 2 fully saturated rings. The number of rotatable bonds is 5. The first-order valence-corrected chi connectivity index (χ1v) is 12.9. The van der Waals surface area contributed by atoms with Crippen molar-refractivity contribution in [3.63, 3.8) is 0 Å². The molecule has 1 aliphatic heterocycles. The summed E-state index contributed by atoms with van der Waals surface area (Å²) >= 11 is 7.54. The van der Waals surface area contributed by atoms with Gasteiger partial charge in [-0.3, -0.25) is 4.79 Å². The number of halogens is 1. The van der Waals surface area contributed by atoms with Gasteiger partial charge in [-0.2, -0.15) is 0 Å². The van der Waals surface area contributed by atoms with E-state index in [-0.39, 0.29) is 12.5 Å². The predicted octanol–water partition coefficient (Wildman–Crippen LogP) is 5.99. The Hall–Kier alpha value is -2.55. The van der Waals surface area contributed by atoms with E-state index < -0.39 is 6.16 Å². The smallest absolute Gasteiger partial charge is 0.449 e. The standard InChI is InChI=1S/C25H27ClN2O5S/c26-18-8-6-17(7-9-18)23-22(16-4-2-1-3-5-16)24-19(14-21(34-24)33-25(30)31)28(23)15-20(29)27-10-12-32-13-11-27/h6-9,14,16H,1-5,10-13,15H2,(H,30,31). The zero-order valence-corrected chi connectivity index (χ0v) is 20.4. The maximum absolute atomic E-state index is 13.3. The summed E-state index contributed by atoms with van der Waals surface area (Å²) in [5.41, 5.74) is 4.06. The minimum absolute atomic E-state index is 0.0255. The van der Waals surface area contributed by atoms with Crippen LogP contribution in [-0.4, -0.2) is 52.9 Å². The summed E-state index contributed by atoms with van der Waals surface area (Å²) in [5.74, 6) is 0.371. The van der Waals surface area contributed by atoms with E-state index in [2.05, 4.69) is 0 Å². The number of morpholine rings is 1. The summed E-state index contributed by atoms with van der Waals surface area (Å²) < 4.78 is 13.5. The van der Waals surface area contributed by atoms with Gasteiger partial charge in [0, 0.05) is 24.2 Å². The normalized spacial score (nSPS) is 17.3. The average molecular weight is 503 g/mol. The van der Waals surface area contributed by atoms with Gasteiger partial charge in [-0.25, -0.2) is 4.79 Å². The number of fused-ring (bicyclic) bond motifs is 1. The number of benzene rings is 1. The molecule has 1 amide bonds. The Balaban J connectivity index is 1.67. The zero-order chi connectivity index (χ0) is 23.7. The van der Waals surface area contributed by atoms with Crippen molar-refractivity contribution in [2.45, 2.75) is 44.6 Å². The summed E-state index contributed by atoms with van der Waals surface area (Å²) in [7, 11) is 0. The van der Waals surface area contributed by atoms with Crippen molar-refractivity contribution in [3.8, 4) is 16.3 Å². The van der Waals surface area contributed by atoms with Gasteiger partial charge in [-0.05, 0) is 42.0 Å². The highest BCUT2D eigenvalue weighted by molar-refractivity contribution is 7.21. The van der Waals surface area contributed by atoms with Crippen molar-refractivity contribution in [3.05, 3.63) is 40.9 Å². The lowest BCUT2D eigenvalue weighted by Crippen LogP contribution is -2.42. The Bertz CT molecular complexity index is 1190. The first-order valence-electron chi connectivity index (χ1n) is 11.7. The molecular formula is C25H27ClN2O5S. The number of carbonyl (C=O) groups is 2.